The summed E-state index contributed by atoms with van der Waals surface area (Å²) >= 11 is 0. The quantitative estimate of drug-likeness (QED) is 0.273. The maximum Gasteiger partial charge on any atom is 0.216 e. The van der Waals surface area contributed by atoms with Crippen LogP contribution < -0.4 is 4.57 Å². The van der Waals surface area contributed by atoms with Gasteiger partial charge in [-0.2, -0.15) is 0 Å². The number of nitrogens with zero attached hydrogens (tertiary/aromatic N) is 1. The minimum Gasteiger partial charge on any atom is -0.454 e. The first-order chi connectivity index (χ1) is 17.0. The fraction of sp³-hybridized carbons (Fsp3) is 0.233. The number of hydrogen-bond donors (Lipinski definition) is 0. The minimum absolute atomic E-state index is 0.320. The molecule has 2 aromatic heterocycles. The van der Waals surface area contributed by atoms with Crippen molar-refractivity contribution in [2.45, 2.75) is 25.7 Å². The maximum absolute atomic E-state index is 15.3. The van der Waals surface area contributed by atoms with Gasteiger partial charge in [-0.05, 0) is 60.5 Å². The van der Waals surface area contributed by atoms with Crippen molar-refractivity contribution in [2.24, 2.45) is 7.05 Å². The average molecular weight is 454 g/mol. The maximum atomic E-state index is 15.3. The molecule has 0 aliphatic carbocycles. The molecule has 1 aliphatic rings. The van der Waals surface area contributed by atoms with E-state index in [0.29, 0.717) is 37.2 Å². The van der Waals surface area contributed by atoms with Crippen molar-refractivity contribution in [2.75, 3.05) is 13.2 Å². The molecule has 0 radical (unpaired) electrons. The van der Waals surface area contributed by atoms with Gasteiger partial charge >= 0.3 is 0 Å². The number of benzene rings is 3. The predicted molar refractivity (Wildman–Crippen MR) is 133 cm³/mol. The van der Waals surface area contributed by atoms with E-state index in [9.17, 15) is 0 Å². The van der Waals surface area contributed by atoms with Gasteiger partial charge in [0.05, 0.1) is 11.1 Å². The van der Waals surface area contributed by atoms with Crippen molar-refractivity contribution in [3.63, 3.8) is 0 Å². The molecule has 1 aliphatic heterocycles. The lowest BCUT2D eigenvalue weighted by Crippen LogP contribution is -2.30. The van der Waals surface area contributed by atoms with Gasteiger partial charge in [-0.15, -0.1) is 0 Å². The number of halogens is 1. The fourth-order valence-corrected chi connectivity index (χ4v) is 5.13. The predicted octanol–water partition coefficient (Wildman–Crippen LogP) is 7.09. The normalized spacial score (nSPS) is 16.1. The van der Waals surface area contributed by atoms with Crippen LogP contribution >= 0.6 is 0 Å². The zero-order valence-corrected chi connectivity index (χ0v) is 19.4. The van der Waals surface area contributed by atoms with Crippen LogP contribution in [0.5, 0.6) is 0 Å². The monoisotopic (exact) mass is 453 g/mol. The Kier molecular flexibility index (Phi) is 4.91. The molecule has 1 fully saturated rings. The summed E-state index contributed by atoms with van der Waals surface area (Å²) in [5.74, 6) is -0.974. The Bertz CT molecular complexity index is 1570. The average Bonchev–Trinajstić information content (AvgIpc) is 3.23. The lowest BCUT2D eigenvalue weighted by atomic mass is 9.90. The van der Waals surface area contributed by atoms with Crippen LogP contribution in [-0.4, -0.2) is 13.2 Å². The third-order valence-electron chi connectivity index (χ3n) is 6.96. The second-order valence-corrected chi connectivity index (χ2v) is 9.03. The highest BCUT2D eigenvalue weighted by atomic mass is 19.1. The molecule has 3 aromatic carbocycles. The van der Waals surface area contributed by atoms with Crippen LogP contribution in [0.2, 0.25) is 0 Å². The van der Waals surface area contributed by atoms with Gasteiger partial charge in [-0.25, -0.2) is 8.96 Å². The van der Waals surface area contributed by atoms with Crippen LogP contribution in [0.3, 0.4) is 0 Å². The van der Waals surface area contributed by atoms with E-state index < -0.39 is 5.89 Å². The first kappa shape index (κ1) is 19.9. The van der Waals surface area contributed by atoms with E-state index in [0.717, 1.165) is 44.3 Å². The van der Waals surface area contributed by atoms with Crippen LogP contribution in [0.4, 0.5) is 4.39 Å². The van der Waals surface area contributed by atoms with E-state index in [1.54, 1.807) is 6.07 Å². The number of hydrogen-bond acceptors (Lipinski definition) is 2. The van der Waals surface area contributed by atoms with Crippen LogP contribution in [0.15, 0.2) is 77.3 Å². The highest BCUT2D eigenvalue weighted by molar-refractivity contribution is 6.13. The van der Waals surface area contributed by atoms with Crippen LogP contribution in [0, 0.1) is 12.7 Å². The molecule has 0 unspecified atom stereocenters. The second kappa shape index (κ2) is 8.37. The molecule has 0 saturated carbocycles. The van der Waals surface area contributed by atoms with Crippen LogP contribution in [0.25, 0.3) is 44.3 Å². The Balaban J connectivity index is 1.54. The first-order valence-corrected chi connectivity index (χ1v) is 11.7. The van der Waals surface area contributed by atoms with E-state index in [-0.39, 0.29) is 5.82 Å². The molecule has 3 nitrogen and oxygen atoms in total. The van der Waals surface area contributed by atoms with E-state index in [1.165, 1.54) is 6.07 Å². The summed E-state index contributed by atoms with van der Waals surface area (Å²) in [5.41, 5.74) is 6.60. The van der Waals surface area contributed by atoms with Crippen LogP contribution in [0.1, 0.15) is 31.2 Å². The molecule has 3 heterocycles. The van der Waals surface area contributed by atoms with Gasteiger partial charge in [-0.3, -0.25) is 0 Å². The Labute approximate surface area is 199 Å². The molecule has 0 amide bonds. The molecule has 0 N–H and O–H groups in total. The van der Waals surface area contributed by atoms with Gasteiger partial charge < -0.3 is 9.15 Å². The number of aryl methyl sites for hydroxylation is 2. The van der Waals surface area contributed by atoms with E-state index in [4.69, 9.17) is 10.5 Å². The van der Waals surface area contributed by atoms with Crippen molar-refractivity contribution in [1.82, 2.24) is 0 Å². The number of furan rings is 1. The zero-order chi connectivity index (χ0) is 24.2. The Morgan fingerprint density at radius 1 is 0.882 bits per heavy atom. The van der Waals surface area contributed by atoms with Crippen molar-refractivity contribution in [3.05, 3.63) is 89.9 Å². The topological polar surface area (TPSA) is 26.2 Å². The van der Waals surface area contributed by atoms with E-state index >= 15 is 4.39 Å². The molecule has 170 valence electrons. The number of pyridine rings is 1. The number of fused-ring (bicyclic) bond motifs is 3. The summed E-state index contributed by atoms with van der Waals surface area (Å²) < 4.78 is 38.2. The van der Waals surface area contributed by atoms with E-state index in [2.05, 4.69) is 29.7 Å². The molecule has 5 aromatic rings. The lowest BCUT2D eigenvalue weighted by Gasteiger charge is -2.22. The van der Waals surface area contributed by atoms with Gasteiger partial charge in [0.25, 0.3) is 0 Å². The Hall–Kier alpha value is -3.50. The largest absolute Gasteiger partial charge is 0.454 e. The molecule has 4 heteroatoms. The molecule has 0 spiro atoms. The molecular formula is C30H27FNO2+. The van der Waals surface area contributed by atoms with Crippen molar-refractivity contribution in [3.8, 4) is 22.4 Å². The third-order valence-corrected chi connectivity index (χ3v) is 6.96. The summed E-state index contributed by atoms with van der Waals surface area (Å²) in [7, 11) is 2.01. The molecule has 6 rings (SSSR count). The van der Waals surface area contributed by atoms with Gasteiger partial charge in [0, 0.05) is 37.5 Å². The third kappa shape index (κ3) is 3.41. The summed E-state index contributed by atoms with van der Waals surface area (Å²) in [5, 5.41) is 1.86. The van der Waals surface area contributed by atoms with Gasteiger partial charge in [0.2, 0.25) is 5.69 Å². The fourth-order valence-electron chi connectivity index (χ4n) is 5.13. The lowest BCUT2D eigenvalue weighted by molar-refractivity contribution is -0.660. The molecular weight excluding hydrogens is 425 g/mol. The minimum atomic E-state index is -0.654. The number of aromatic nitrogens is 1. The smallest absolute Gasteiger partial charge is 0.216 e. The molecule has 0 bridgehead atoms. The van der Waals surface area contributed by atoms with Crippen molar-refractivity contribution >= 4 is 21.9 Å². The Morgan fingerprint density at radius 3 is 2.32 bits per heavy atom. The summed E-state index contributed by atoms with van der Waals surface area (Å²) in [6, 6.07) is 21.3. The summed E-state index contributed by atoms with van der Waals surface area (Å²) in [4.78, 5) is 0. The zero-order valence-electron chi connectivity index (χ0n) is 20.4. The number of rotatable bonds is 3. The molecule has 1 saturated heterocycles. The summed E-state index contributed by atoms with van der Waals surface area (Å²) in [6.45, 7) is 3.26. The van der Waals surface area contributed by atoms with Crippen LogP contribution in [-0.2, 0) is 11.8 Å². The van der Waals surface area contributed by atoms with Crippen molar-refractivity contribution in [1.29, 1.82) is 0 Å². The molecule has 34 heavy (non-hydrogen) atoms. The highest BCUT2D eigenvalue weighted by Crippen LogP contribution is 2.41. The van der Waals surface area contributed by atoms with Gasteiger partial charge in [0.1, 0.15) is 24.0 Å². The van der Waals surface area contributed by atoms with Gasteiger partial charge in [0.15, 0.2) is 6.20 Å². The Morgan fingerprint density at radius 2 is 1.59 bits per heavy atom. The van der Waals surface area contributed by atoms with E-state index in [1.807, 2.05) is 49.6 Å². The SMILES string of the molecule is [2H]C1(c2ccc(-c3c(F)ccc4c3oc3c(-c5cccc[n+]5C)c(C)ccc34)cc2)CCOCC1. The second-order valence-electron chi connectivity index (χ2n) is 9.03. The van der Waals surface area contributed by atoms with Crippen molar-refractivity contribution < 1.29 is 19.5 Å². The number of ether oxygens (including phenoxy) is 1. The standard InChI is InChI=1S/C30H27FNO2/c1-19-6-11-23-24-12-13-25(31)28(22-9-7-20(8-10-22)21-14-17-33-18-15-21)30(24)34-29(23)27(19)26-5-3-4-16-32(26)2/h3-13,16,21H,14-15,17-18H2,1-2H3/q+1/i21D. The summed E-state index contributed by atoms with van der Waals surface area (Å²) in [6.07, 6.45) is 3.35. The first-order valence-electron chi connectivity index (χ1n) is 12.2. The highest BCUT2D eigenvalue weighted by Gasteiger charge is 2.23. The van der Waals surface area contributed by atoms with Gasteiger partial charge in [-0.1, -0.05) is 36.4 Å². The molecule has 0 atom stereocenters.